The van der Waals surface area contributed by atoms with Gasteiger partial charge >= 0.3 is 0 Å². The van der Waals surface area contributed by atoms with Crippen LogP contribution in [0.1, 0.15) is 94.4 Å². The van der Waals surface area contributed by atoms with Gasteiger partial charge in [0.05, 0.1) is 17.1 Å². The van der Waals surface area contributed by atoms with Crippen LogP contribution in [0.25, 0.3) is 0 Å². The summed E-state index contributed by atoms with van der Waals surface area (Å²) in [6, 6.07) is 0. The molecule has 190 valence electrons. The van der Waals surface area contributed by atoms with Gasteiger partial charge in [-0.05, 0) is 65.5 Å². The molecule has 0 amide bonds. The Bertz CT molecular complexity index is 754. The van der Waals surface area contributed by atoms with Gasteiger partial charge in [-0.1, -0.05) is 62.3 Å². The molecule has 4 aliphatic rings. The second-order valence-electron chi connectivity index (χ2n) is 13.7. The molecular weight excluding hydrogens is 428 g/mol. The van der Waals surface area contributed by atoms with Crippen LogP contribution in [0.2, 0.25) is 16.6 Å². The van der Waals surface area contributed by atoms with Crippen LogP contribution in [-0.4, -0.2) is 44.1 Å². The van der Waals surface area contributed by atoms with Crippen LogP contribution in [-0.2, 0) is 14.0 Å². The van der Waals surface area contributed by atoms with Gasteiger partial charge in [-0.15, -0.1) is 0 Å². The summed E-state index contributed by atoms with van der Waals surface area (Å²) < 4.78 is 13.8. The van der Waals surface area contributed by atoms with Gasteiger partial charge in [0.2, 0.25) is 8.32 Å². The van der Waals surface area contributed by atoms with E-state index < -0.39 is 25.4 Å². The summed E-state index contributed by atoms with van der Waals surface area (Å²) in [7, 11) is -0.333. The third-order valence-electron chi connectivity index (χ3n) is 11.3. The summed E-state index contributed by atoms with van der Waals surface area (Å²) in [6.45, 7) is 21.0. The molecule has 4 fully saturated rings. The summed E-state index contributed by atoms with van der Waals surface area (Å²) in [6.07, 6.45) is 3.39. The van der Waals surface area contributed by atoms with Gasteiger partial charge in [0.25, 0.3) is 0 Å². The van der Waals surface area contributed by atoms with E-state index in [1.165, 1.54) is 0 Å². The van der Waals surface area contributed by atoms with Crippen LogP contribution in [0.4, 0.5) is 0 Å². The lowest BCUT2D eigenvalue weighted by atomic mass is 9.59. The molecule has 4 saturated carbocycles. The first-order chi connectivity index (χ1) is 15.2. The largest absolute Gasteiger partial charge is 0.413 e. The van der Waals surface area contributed by atoms with E-state index in [0.717, 1.165) is 25.7 Å². The highest BCUT2D eigenvalue weighted by atomic mass is 28.4. The Labute approximate surface area is 203 Å². The van der Waals surface area contributed by atoms with Gasteiger partial charge in [-0.2, -0.15) is 0 Å². The molecule has 1 N–H and O–H groups in total. The molecule has 1 spiro atoms. The van der Waals surface area contributed by atoms with Crippen LogP contribution in [0.5, 0.6) is 0 Å². The van der Waals surface area contributed by atoms with Crippen molar-refractivity contribution in [3.8, 4) is 0 Å². The Morgan fingerprint density at radius 1 is 1.03 bits per heavy atom. The van der Waals surface area contributed by atoms with Crippen LogP contribution >= 0.6 is 0 Å². The molecule has 0 aromatic heterocycles. The third-order valence-corrected chi connectivity index (χ3v) is 17.5. The van der Waals surface area contributed by atoms with E-state index in [1.54, 1.807) is 7.11 Å². The Morgan fingerprint density at radius 2 is 1.61 bits per heavy atom. The Morgan fingerprint density at radius 3 is 2.12 bits per heavy atom. The van der Waals surface area contributed by atoms with E-state index in [4.69, 9.17) is 9.16 Å². The second kappa shape index (κ2) is 8.14. The number of fused-ring (bicyclic) bond motifs is 3. The predicted octanol–water partition coefficient (Wildman–Crippen LogP) is 6.36. The lowest BCUT2D eigenvalue weighted by molar-refractivity contribution is -0.178. The highest BCUT2D eigenvalue weighted by Gasteiger charge is 2.76. The van der Waals surface area contributed by atoms with Gasteiger partial charge < -0.3 is 14.3 Å². The van der Waals surface area contributed by atoms with E-state index in [9.17, 15) is 9.90 Å². The molecule has 33 heavy (non-hydrogen) atoms. The van der Waals surface area contributed by atoms with Crippen LogP contribution < -0.4 is 0 Å². The van der Waals surface area contributed by atoms with Crippen molar-refractivity contribution in [1.82, 2.24) is 0 Å². The molecule has 0 aromatic carbocycles. The summed E-state index contributed by atoms with van der Waals surface area (Å²) in [5, 5.41) is 11.5. The number of rotatable bonds is 6. The highest BCUT2D eigenvalue weighted by Crippen LogP contribution is 2.73. The Hall–Kier alpha value is -0.233. The number of carbonyl (C=O) groups is 1. The molecule has 4 aliphatic carbocycles. The molecule has 0 saturated heterocycles. The third kappa shape index (κ3) is 3.20. The first-order valence-electron chi connectivity index (χ1n) is 13.7. The SMILES string of the molecule is CO[C@@]12CC[C@H](O)[C@]13C(=O)[C@@H](C[C@H](O[Si](C(C)C)(C(C)C)C(C)C)C2)[C@H]1[C@@H](C[C@H]3C)C1(C)C. The minimum absolute atomic E-state index is 0.0206. The monoisotopic (exact) mass is 478 g/mol. The number of hydrogen-bond donors (Lipinski definition) is 1. The number of carbonyl (C=O) groups excluding carboxylic acids is 1. The number of methoxy groups -OCH3 is 1. The maximum Gasteiger partial charge on any atom is 0.200 e. The van der Waals surface area contributed by atoms with Crippen molar-refractivity contribution in [3.05, 3.63) is 0 Å². The standard InChI is InChI=1S/C28H50O4Si/c1-16(2)33(17(3)4,18(5)6)32-20-14-21-24-22(26(24,8)9)13-19(7)28(25(21)30)23(29)11-12-27(28,15-20)31-10/h16-24,29H,11-15H2,1-10H3/t19-,20+,21+,22-,23+,24+,27-,28-/m1/s1. The van der Waals surface area contributed by atoms with Crippen molar-refractivity contribution >= 4 is 14.1 Å². The van der Waals surface area contributed by atoms with Gasteiger partial charge in [0.15, 0.2) is 0 Å². The van der Waals surface area contributed by atoms with Crippen molar-refractivity contribution in [2.45, 2.75) is 129 Å². The van der Waals surface area contributed by atoms with Crippen molar-refractivity contribution < 1.29 is 19.1 Å². The molecule has 0 heterocycles. The zero-order valence-corrected chi connectivity index (χ0v) is 23.9. The minimum atomic E-state index is -2.12. The maximum atomic E-state index is 14.6. The van der Waals surface area contributed by atoms with Crippen LogP contribution in [0.3, 0.4) is 0 Å². The van der Waals surface area contributed by atoms with Gasteiger partial charge in [0.1, 0.15) is 5.78 Å². The zero-order chi connectivity index (χ0) is 24.7. The quantitative estimate of drug-likeness (QED) is 0.451. The summed E-state index contributed by atoms with van der Waals surface area (Å²) in [5.74, 6) is 1.37. The number of ketones is 1. The van der Waals surface area contributed by atoms with E-state index in [-0.39, 0.29) is 23.4 Å². The number of aliphatic hydroxyl groups is 1. The van der Waals surface area contributed by atoms with Crippen molar-refractivity contribution in [2.75, 3.05) is 7.11 Å². The molecule has 0 aromatic rings. The fourth-order valence-corrected chi connectivity index (χ4v) is 15.6. The van der Waals surface area contributed by atoms with Crippen molar-refractivity contribution in [3.63, 3.8) is 0 Å². The first kappa shape index (κ1) is 25.8. The summed E-state index contributed by atoms with van der Waals surface area (Å²) >= 11 is 0. The first-order valence-corrected chi connectivity index (χ1v) is 15.8. The average molecular weight is 479 g/mol. The fourth-order valence-electron chi connectivity index (χ4n) is 9.99. The van der Waals surface area contributed by atoms with E-state index >= 15 is 0 Å². The number of Topliss-reactive ketones (excluding diaryl/α,β-unsaturated/α-hetero) is 1. The summed E-state index contributed by atoms with van der Waals surface area (Å²) in [5.41, 5.74) is 0.311. The summed E-state index contributed by atoms with van der Waals surface area (Å²) in [4.78, 5) is 14.6. The van der Waals surface area contributed by atoms with E-state index in [1.807, 2.05) is 0 Å². The molecule has 0 radical (unpaired) electrons. The lowest BCUT2D eigenvalue weighted by Crippen LogP contribution is -2.60. The zero-order valence-electron chi connectivity index (χ0n) is 22.9. The van der Waals surface area contributed by atoms with Crippen molar-refractivity contribution in [1.29, 1.82) is 0 Å². The fraction of sp³-hybridized carbons (Fsp3) is 0.964. The average Bonchev–Trinajstić information content (AvgIpc) is 3.17. The van der Waals surface area contributed by atoms with Gasteiger partial charge in [-0.25, -0.2) is 0 Å². The number of hydrogen-bond acceptors (Lipinski definition) is 4. The molecule has 0 aliphatic heterocycles. The predicted molar refractivity (Wildman–Crippen MR) is 136 cm³/mol. The van der Waals surface area contributed by atoms with E-state index in [0.29, 0.717) is 40.7 Å². The normalized spacial score (nSPS) is 44.6. The maximum absolute atomic E-state index is 14.6. The van der Waals surface area contributed by atoms with E-state index in [2.05, 4.69) is 62.3 Å². The highest BCUT2D eigenvalue weighted by molar-refractivity contribution is 6.77. The Kier molecular flexibility index (Phi) is 6.38. The van der Waals surface area contributed by atoms with Crippen molar-refractivity contribution in [2.24, 2.45) is 34.5 Å². The molecule has 4 rings (SSSR count). The molecule has 5 heteroatoms. The molecule has 4 nitrogen and oxygen atoms in total. The van der Waals surface area contributed by atoms with Gasteiger partial charge in [0, 0.05) is 25.6 Å². The molecular formula is C28H50O4Si. The molecule has 8 atom stereocenters. The molecule has 2 bridgehead atoms. The van der Waals surface area contributed by atoms with Gasteiger partial charge in [-0.3, -0.25) is 4.79 Å². The van der Waals surface area contributed by atoms with Crippen LogP contribution in [0, 0.1) is 34.5 Å². The number of ether oxygens (including phenoxy) is 1. The minimum Gasteiger partial charge on any atom is -0.413 e. The van der Waals surface area contributed by atoms with Crippen LogP contribution in [0.15, 0.2) is 0 Å². The smallest absolute Gasteiger partial charge is 0.200 e. The second-order valence-corrected chi connectivity index (χ2v) is 19.1. The lowest BCUT2D eigenvalue weighted by Gasteiger charge is -2.50. The topological polar surface area (TPSA) is 55.8 Å². The molecule has 0 unspecified atom stereocenters. The Balaban J connectivity index is 1.84. The number of aliphatic hydroxyl groups excluding tert-OH is 1.